The minimum atomic E-state index is 0.859. The van der Waals surface area contributed by atoms with Crippen molar-refractivity contribution in [2.45, 2.75) is 19.9 Å². The lowest BCUT2D eigenvalue weighted by Crippen LogP contribution is -2.02. The number of rotatable bonds is 4. The zero-order valence-electron chi connectivity index (χ0n) is 13.8. The Morgan fingerprint density at radius 3 is 2.17 bits per heavy atom. The summed E-state index contributed by atoms with van der Waals surface area (Å²) < 4.78 is 2.31. The molecule has 0 saturated heterocycles. The maximum atomic E-state index is 4.82. The van der Waals surface area contributed by atoms with Gasteiger partial charge in [-0.3, -0.25) is 0 Å². The van der Waals surface area contributed by atoms with Crippen LogP contribution in [0.25, 0.3) is 22.2 Å². The van der Waals surface area contributed by atoms with Crippen LogP contribution in [-0.2, 0) is 13.0 Å². The van der Waals surface area contributed by atoms with Gasteiger partial charge in [0.2, 0.25) is 0 Å². The highest BCUT2D eigenvalue weighted by Gasteiger charge is 2.09. The molecule has 3 aromatic carbocycles. The Hall–Kier alpha value is -2.87. The standard InChI is InChI=1S/C22H20N2/c1-2-24-21-11-7-6-10-20(21)23-22(24)16-17-12-14-19(15-13-17)18-8-4-3-5-9-18/h3-15H,2,16H2,1H3. The van der Waals surface area contributed by atoms with Crippen LogP contribution in [0, 0.1) is 0 Å². The molecule has 0 aliphatic rings. The largest absolute Gasteiger partial charge is 0.328 e. The fourth-order valence-corrected chi connectivity index (χ4v) is 3.24. The molecular formula is C22H20N2. The van der Waals surface area contributed by atoms with Crippen LogP contribution in [0.1, 0.15) is 18.3 Å². The maximum absolute atomic E-state index is 4.82. The molecule has 0 atom stereocenters. The van der Waals surface area contributed by atoms with Gasteiger partial charge in [-0.1, -0.05) is 66.7 Å². The van der Waals surface area contributed by atoms with E-state index in [0.717, 1.165) is 24.3 Å². The van der Waals surface area contributed by atoms with Crippen LogP contribution in [0.5, 0.6) is 0 Å². The number of benzene rings is 3. The molecule has 2 nitrogen and oxygen atoms in total. The van der Waals surface area contributed by atoms with Crippen molar-refractivity contribution in [1.29, 1.82) is 0 Å². The number of hydrogen-bond acceptors (Lipinski definition) is 1. The smallest absolute Gasteiger partial charge is 0.114 e. The predicted octanol–water partition coefficient (Wildman–Crippen LogP) is 5.31. The molecule has 0 radical (unpaired) electrons. The molecule has 4 aromatic rings. The van der Waals surface area contributed by atoms with E-state index in [1.807, 2.05) is 12.1 Å². The number of fused-ring (bicyclic) bond motifs is 1. The Kier molecular flexibility index (Phi) is 3.87. The van der Waals surface area contributed by atoms with E-state index in [-0.39, 0.29) is 0 Å². The van der Waals surface area contributed by atoms with E-state index in [1.54, 1.807) is 0 Å². The lowest BCUT2D eigenvalue weighted by Gasteiger charge is -2.07. The second kappa shape index (κ2) is 6.32. The second-order valence-corrected chi connectivity index (χ2v) is 6.00. The number of aryl methyl sites for hydroxylation is 1. The number of nitrogens with zero attached hydrogens (tertiary/aromatic N) is 2. The van der Waals surface area contributed by atoms with Crippen LogP contribution in [0.2, 0.25) is 0 Å². The third-order valence-electron chi connectivity index (χ3n) is 4.47. The van der Waals surface area contributed by atoms with Gasteiger partial charge in [0.1, 0.15) is 5.82 Å². The molecule has 1 heterocycles. The highest BCUT2D eigenvalue weighted by Crippen LogP contribution is 2.22. The summed E-state index contributed by atoms with van der Waals surface area (Å²) in [6, 6.07) is 27.7. The second-order valence-electron chi connectivity index (χ2n) is 6.00. The zero-order chi connectivity index (χ0) is 16.4. The first-order valence-corrected chi connectivity index (χ1v) is 8.43. The van der Waals surface area contributed by atoms with Crippen molar-refractivity contribution >= 4 is 11.0 Å². The Balaban J connectivity index is 1.64. The monoisotopic (exact) mass is 312 g/mol. The van der Waals surface area contributed by atoms with E-state index in [0.29, 0.717) is 0 Å². The first kappa shape index (κ1) is 14.7. The van der Waals surface area contributed by atoms with E-state index in [2.05, 4.69) is 78.2 Å². The number of para-hydroxylation sites is 2. The van der Waals surface area contributed by atoms with Gasteiger partial charge in [-0.25, -0.2) is 4.98 Å². The SMILES string of the molecule is CCn1c(Cc2ccc(-c3ccccc3)cc2)nc2ccccc21. The van der Waals surface area contributed by atoms with E-state index < -0.39 is 0 Å². The molecular weight excluding hydrogens is 292 g/mol. The fourth-order valence-electron chi connectivity index (χ4n) is 3.24. The van der Waals surface area contributed by atoms with Gasteiger partial charge in [0.25, 0.3) is 0 Å². The molecule has 0 aliphatic heterocycles. The normalized spacial score (nSPS) is 11.0. The van der Waals surface area contributed by atoms with E-state index in [9.17, 15) is 0 Å². The van der Waals surface area contributed by atoms with E-state index >= 15 is 0 Å². The zero-order valence-corrected chi connectivity index (χ0v) is 13.8. The first-order chi connectivity index (χ1) is 11.8. The van der Waals surface area contributed by atoms with Crippen LogP contribution < -0.4 is 0 Å². The van der Waals surface area contributed by atoms with Crippen molar-refractivity contribution in [2.24, 2.45) is 0 Å². The lowest BCUT2D eigenvalue weighted by molar-refractivity contribution is 0.733. The van der Waals surface area contributed by atoms with Gasteiger partial charge in [0, 0.05) is 13.0 Å². The lowest BCUT2D eigenvalue weighted by atomic mass is 10.0. The molecule has 0 aliphatic carbocycles. The summed E-state index contributed by atoms with van der Waals surface area (Å²) in [5.41, 5.74) is 6.10. The van der Waals surface area contributed by atoms with Crippen molar-refractivity contribution in [2.75, 3.05) is 0 Å². The third-order valence-corrected chi connectivity index (χ3v) is 4.47. The molecule has 0 fully saturated rings. The van der Waals surface area contributed by atoms with Gasteiger partial charge in [0.15, 0.2) is 0 Å². The van der Waals surface area contributed by atoms with Gasteiger partial charge in [-0.05, 0) is 35.7 Å². The third kappa shape index (κ3) is 2.71. The van der Waals surface area contributed by atoms with Gasteiger partial charge in [-0.2, -0.15) is 0 Å². The molecule has 1 aromatic heterocycles. The summed E-state index contributed by atoms with van der Waals surface area (Å²) in [5, 5.41) is 0. The molecule has 0 unspecified atom stereocenters. The number of imidazole rings is 1. The summed E-state index contributed by atoms with van der Waals surface area (Å²) >= 11 is 0. The van der Waals surface area contributed by atoms with Crippen molar-refractivity contribution in [3.63, 3.8) is 0 Å². The Morgan fingerprint density at radius 2 is 1.42 bits per heavy atom. The Labute approximate surface area is 142 Å². The maximum Gasteiger partial charge on any atom is 0.114 e. The molecule has 0 amide bonds. The number of aromatic nitrogens is 2. The summed E-state index contributed by atoms with van der Waals surface area (Å²) in [6.07, 6.45) is 0.859. The molecule has 0 saturated carbocycles. The molecule has 4 rings (SSSR count). The van der Waals surface area contributed by atoms with E-state index in [1.165, 1.54) is 22.2 Å². The molecule has 24 heavy (non-hydrogen) atoms. The van der Waals surface area contributed by atoms with Crippen LogP contribution in [0.3, 0.4) is 0 Å². The highest BCUT2D eigenvalue weighted by atomic mass is 15.1. The first-order valence-electron chi connectivity index (χ1n) is 8.43. The Morgan fingerprint density at radius 1 is 0.750 bits per heavy atom. The van der Waals surface area contributed by atoms with Gasteiger partial charge >= 0.3 is 0 Å². The number of hydrogen-bond donors (Lipinski definition) is 0. The summed E-state index contributed by atoms with van der Waals surface area (Å²) in [6.45, 7) is 3.12. The van der Waals surface area contributed by atoms with Gasteiger partial charge in [0.05, 0.1) is 11.0 Å². The van der Waals surface area contributed by atoms with Gasteiger partial charge in [-0.15, -0.1) is 0 Å². The minimum absolute atomic E-state index is 0.859. The molecule has 118 valence electrons. The molecule has 0 bridgehead atoms. The minimum Gasteiger partial charge on any atom is -0.328 e. The summed E-state index contributed by atoms with van der Waals surface area (Å²) in [4.78, 5) is 4.82. The van der Waals surface area contributed by atoms with E-state index in [4.69, 9.17) is 4.98 Å². The summed E-state index contributed by atoms with van der Waals surface area (Å²) in [5.74, 6) is 1.13. The Bertz CT molecular complexity index is 950. The molecule has 0 N–H and O–H groups in total. The fraction of sp³-hybridized carbons (Fsp3) is 0.136. The van der Waals surface area contributed by atoms with Crippen LogP contribution in [0.15, 0.2) is 78.9 Å². The predicted molar refractivity (Wildman–Crippen MR) is 100 cm³/mol. The van der Waals surface area contributed by atoms with Crippen LogP contribution in [0.4, 0.5) is 0 Å². The summed E-state index contributed by atoms with van der Waals surface area (Å²) in [7, 11) is 0. The van der Waals surface area contributed by atoms with Crippen LogP contribution >= 0.6 is 0 Å². The molecule has 0 spiro atoms. The van der Waals surface area contributed by atoms with Crippen molar-refractivity contribution in [3.8, 4) is 11.1 Å². The van der Waals surface area contributed by atoms with Gasteiger partial charge < -0.3 is 4.57 Å². The quantitative estimate of drug-likeness (QED) is 0.499. The average molecular weight is 312 g/mol. The van der Waals surface area contributed by atoms with Crippen molar-refractivity contribution in [1.82, 2.24) is 9.55 Å². The van der Waals surface area contributed by atoms with Crippen molar-refractivity contribution in [3.05, 3.63) is 90.3 Å². The van der Waals surface area contributed by atoms with Crippen molar-refractivity contribution < 1.29 is 0 Å². The molecule has 2 heteroatoms. The highest BCUT2D eigenvalue weighted by molar-refractivity contribution is 5.76. The topological polar surface area (TPSA) is 17.8 Å². The van der Waals surface area contributed by atoms with Crippen LogP contribution in [-0.4, -0.2) is 9.55 Å². The average Bonchev–Trinajstić information content (AvgIpc) is 3.00.